The Morgan fingerprint density at radius 3 is 2.88 bits per heavy atom. The van der Waals surface area contributed by atoms with Crippen LogP contribution in [0.3, 0.4) is 0 Å². The number of rotatable bonds is 6. The Hall–Kier alpha value is -2.75. The molecule has 1 aromatic carbocycles. The number of aromatic nitrogens is 3. The Labute approximate surface area is 148 Å². The molecule has 0 radical (unpaired) electrons. The van der Waals surface area contributed by atoms with Gasteiger partial charge in [0.25, 0.3) is 0 Å². The number of benzene rings is 1. The van der Waals surface area contributed by atoms with Crippen molar-refractivity contribution in [3.63, 3.8) is 0 Å². The monoisotopic (exact) mass is 363 g/mol. The number of methoxy groups -OCH3 is 2. The number of amides is 3. The van der Waals surface area contributed by atoms with E-state index in [2.05, 4.69) is 20.5 Å². The first-order chi connectivity index (χ1) is 12.1. The lowest BCUT2D eigenvalue weighted by molar-refractivity contribution is -0.124. The maximum atomic E-state index is 12.0. The van der Waals surface area contributed by atoms with E-state index in [0.717, 1.165) is 17.3 Å². The number of imide groups is 1. The molecule has 9 nitrogen and oxygen atoms in total. The summed E-state index contributed by atoms with van der Waals surface area (Å²) in [6, 6.07) is 5.00. The predicted octanol–water partition coefficient (Wildman–Crippen LogP) is 1.13. The van der Waals surface area contributed by atoms with E-state index in [-0.39, 0.29) is 17.7 Å². The van der Waals surface area contributed by atoms with Gasteiger partial charge in [-0.2, -0.15) is 0 Å². The number of H-pyrrole nitrogens is 1. The number of thioether (sulfide) groups is 1. The van der Waals surface area contributed by atoms with E-state index in [1.807, 2.05) is 6.07 Å². The number of hydrogen-bond acceptors (Lipinski definition) is 7. The summed E-state index contributed by atoms with van der Waals surface area (Å²) >= 11 is 1.16. The predicted molar refractivity (Wildman–Crippen MR) is 90.8 cm³/mol. The average molecular weight is 363 g/mol. The number of carbonyl (C=O) groups excluding carboxylic acids is 2. The summed E-state index contributed by atoms with van der Waals surface area (Å²) in [5.74, 6) is 1.60. The molecule has 0 aliphatic carbocycles. The largest absolute Gasteiger partial charge is 0.497 e. The Bertz CT molecular complexity index is 794. The van der Waals surface area contributed by atoms with Crippen LogP contribution in [0.5, 0.6) is 11.5 Å². The van der Waals surface area contributed by atoms with Gasteiger partial charge in [0.05, 0.1) is 25.5 Å². The molecule has 0 saturated carbocycles. The molecule has 1 fully saturated rings. The lowest BCUT2D eigenvalue weighted by Gasteiger charge is -2.10. The van der Waals surface area contributed by atoms with Crippen molar-refractivity contribution in [2.24, 2.45) is 0 Å². The van der Waals surface area contributed by atoms with E-state index in [4.69, 9.17) is 9.47 Å². The average Bonchev–Trinajstić information content (AvgIpc) is 3.28. The molecule has 1 aromatic heterocycles. The number of nitrogens with one attached hydrogen (secondary N) is 2. The molecule has 0 spiro atoms. The lowest BCUT2D eigenvalue weighted by atomic mass is 10.2. The Kier molecular flexibility index (Phi) is 5.08. The third kappa shape index (κ3) is 3.68. The van der Waals surface area contributed by atoms with Gasteiger partial charge in [-0.05, 0) is 12.1 Å². The van der Waals surface area contributed by atoms with Gasteiger partial charge in [-0.3, -0.25) is 14.8 Å². The molecule has 25 heavy (non-hydrogen) atoms. The van der Waals surface area contributed by atoms with Gasteiger partial charge in [0, 0.05) is 19.2 Å². The van der Waals surface area contributed by atoms with Crippen molar-refractivity contribution in [3.8, 4) is 22.9 Å². The molecule has 0 unspecified atom stereocenters. The zero-order valence-corrected chi connectivity index (χ0v) is 14.6. The summed E-state index contributed by atoms with van der Waals surface area (Å²) in [6.07, 6.45) is 0. The summed E-state index contributed by atoms with van der Waals surface area (Å²) in [5, 5.41) is 9.94. The van der Waals surface area contributed by atoms with E-state index in [0.29, 0.717) is 35.6 Å². The van der Waals surface area contributed by atoms with Crippen molar-refractivity contribution in [2.75, 3.05) is 33.1 Å². The van der Waals surface area contributed by atoms with Gasteiger partial charge in [-0.1, -0.05) is 11.8 Å². The molecule has 10 heteroatoms. The fourth-order valence-corrected chi connectivity index (χ4v) is 3.01. The van der Waals surface area contributed by atoms with Crippen molar-refractivity contribution in [1.82, 2.24) is 25.4 Å². The highest BCUT2D eigenvalue weighted by atomic mass is 32.2. The van der Waals surface area contributed by atoms with Gasteiger partial charge in [0.1, 0.15) is 11.5 Å². The second-order valence-corrected chi connectivity index (χ2v) is 6.04. The van der Waals surface area contributed by atoms with Gasteiger partial charge in [-0.25, -0.2) is 9.78 Å². The molecule has 0 atom stereocenters. The number of hydrogen-bond donors (Lipinski definition) is 2. The van der Waals surface area contributed by atoms with E-state index in [9.17, 15) is 9.59 Å². The number of ether oxygens (including phenoxy) is 2. The zero-order chi connectivity index (χ0) is 17.8. The lowest BCUT2D eigenvalue weighted by Crippen LogP contribution is -2.35. The van der Waals surface area contributed by atoms with Crippen molar-refractivity contribution in [2.45, 2.75) is 5.16 Å². The minimum Gasteiger partial charge on any atom is -0.497 e. The summed E-state index contributed by atoms with van der Waals surface area (Å²) < 4.78 is 10.5. The van der Waals surface area contributed by atoms with E-state index in [1.54, 1.807) is 26.4 Å². The van der Waals surface area contributed by atoms with Crippen LogP contribution in [0.4, 0.5) is 4.79 Å². The quantitative estimate of drug-likeness (QED) is 0.741. The van der Waals surface area contributed by atoms with Crippen LogP contribution in [0.25, 0.3) is 11.4 Å². The normalized spacial score (nSPS) is 13.7. The van der Waals surface area contributed by atoms with Gasteiger partial charge in [0.2, 0.25) is 11.1 Å². The number of urea groups is 1. The first-order valence-corrected chi connectivity index (χ1v) is 8.46. The van der Waals surface area contributed by atoms with Crippen molar-refractivity contribution < 1.29 is 19.1 Å². The smallest absolute Gasteiger partial charge is 0.324 e. The molecule has 1 aliphatic rings. The van der Waals surface area contributed by atoms with Crippen LogP contribution < -0.4 is 14.8 Å². The fraction of sp³-hybridized carbons (Fsp3) is 0.333. The molecule has 1 aliphatic heterocycles. The van der Waals surface area contributed by atoms with Crippen LogP contribution in [0.1, 0.15) is 0 Å². The minimum absolute atomic E-state index is 0.0878. The second-order valence-electron chi connectivity index (χ2n) is 5.10. The molecular weight excluding hydrogens is 346 g/mol. The van der Waals surface area contributed by atoms with E-state index in [1.165, 1.54) is 4.90 Å². The highest BCUT2D eigenvalue weighted by Crippen LogP contribution is 2.32. The third-order valence-corrected chi connectivity index (χ3v) is 4.44. The summed E-state index contributed by atoms with van der Waals surface area (Å²) in [4.78, 5) is 29.0. The first-order valence-electron chi connectivity index (χ1n) is 7.48. The molecule has 3 amide bonds. The fourth-order valence-electron chi connectivity index (χ4n) is 2.34. The van der Waals surface area contributed by atoms with Crippen LogP contribution in [-0.4, -0.2) is 65.1 Å². The molecule has 2 N–H and O–H groups in total. The number of aromatic amines is 1. The summed E-state index contributed by atoms with van der Waals surface area (Å²) in [6.45, 7) is 0.873. The van der Waals surface area contributed by atoms with Crippen LogP contribution >= 0.6 is 11.8 Å². The van der Waals surface area contributed by atoms with Gasteiger partial charge >= 0.3 is 6.03 Å². The second kappa shape index (κ2) is 7.43. The van der Waals surface area contributed by atoms with Gasteiger partial charge < -0.3 is 14.8 Å². The van der Waals surface area contributed by atoms with Crippen LogP contribution in [0.15, 0.2) is 23.4 Å². The molecular formula is C15H17N5O4S. The summed E-state index contributed by atoms with van der Waals surface area (Å²) in [5.41, 5.74) is 0.730. The minimum atomic E-state index is -0.357. The van der Waals surface area contributed by atoms with Gasteiger partial charge in [-0.15, -0.1) is 5.10 Å². The van der Waals surface area contributed by atoms with Crippen LogP contribution in [0.2, 0.25) is 0 Å². The molecule has 1 saturated heterocycles. The maximum absolute atomic E-state index is 12.0. The highest BCUT2D eigenvalue weighted by molar-refractivity contribution is 7.99. The van der Waals surface area contributed by atoms with Crippen LogP contribution in [-0.2, 0) is 4.79 Å². The molecule has 2 heterocycles. The maximum Gasteiger partial charge on any atom is 0.324 e. The number of carbonyl (C=O) groups is 2. The van der Waals surface area contributed by atoms with Gasteiger partial charge in [0.15, 0.2) is 5.82 Å². The zero-order valence-electron chi connectivity index (χ0n) is 13.7. The Morgan fingerprint density at radius 2 is 2.20 bits per heavy atom. The van der Waals surface area contributed by atoms with Crippen molar-refractivity contribution in [1.29, 1.82) is 0 Å². The third-order valence-electron chi connectivity index (χ3n) is 3.61. The molecule has 3 rings (SSSR count). The molecule has 2 aromatic rings. The van der Waals surface area contributed by atoms with E-state index < -0.39 is 0 Å². The first kappa shape index (κ1) is 17.1. The standard InChI is InChI=1S/C15H17N5O4S/c1-23-9-3-4-10(11(7-9)24-2)13-17-14(19-18-13)25-8-12(21)20-6-5-16-15(20)22/h3-4,7H,5-6,8H2,1-2H3,(H,16,22)(H,17,18,19). The Morgan fingerprint density at radius 1 is 1.36 bits per heavy atom. The van der Waals surface area contributed by atoms with Crippen molar-refractivity contribution >= 4 is 23.7 Å². The van der Waals surface area contributed by atoms with Crippen LogP contribution in [0, 0.1) is 0 Å². The molecule has 132 valence electrons. The van der Waals surface area contributed by atoms with Crippen molar-refractivity contribution in [3.05, 3.63) is 18.2 Å². The van der Waals surface area contributed by atoms with E-state index >= 15 is 0 Å². The Balaban J connectivity index is 1.68. The SMILES string of the molecule is COc1ccc(-c2nc(SCC(=O)N3CCNC3=O)n[nH]2)c(OC)c1. The summed E-state index contributed by atoms with van der Waals surface area (Å²) in [7, 11) is 3.14. The number of nitrogens with zero attached hydrogens (tertiary/aromatic N) is 3. The topological polar surface area (TPSA) is 109 Å². The highest BCUT2D eigenvalue weighted by Gasteiger charge is 2.26. The molecule has 0 bridgehead atoms.